The molecule has 0 bridgehead atoms. The molecule has 0 fully saturated rings. The smallest absolute Gasteiger partial charge is 0.226 e. The van der Waals surface area contributed by atoms with Crippen molar-refractivity contribution in [2.45, 2.75) is 26.2 Å². The van der Waals surface area contributed by atoms with E-state index in [0.717, 1.165) is 18.5 Å². The molecular formula is C12H15ClNO. The highest BCUT2D eigenvalue weighted by molar-refractivity contribution is 6.30. The second-order valence-corrected chi connectivity index (χ2v) is 3.86. The van der Waals surface area contributed by atoms with E-state index in [4.69, 9.17) is 11.6 Å². The van der Waals surface area contributed by atoms with Crippen LogP contribution in [-0.2, 0) is 4.79 Å². The van der Waals surface area contributed by atoms with Gasteiger partial charge in [0.15, 0.2) is 0 Å². The molecule has 1 aromatic rings. The summed E-state index contributed by atoms with van der Waals surface area (Å²) in [5, 5.41) is 0.530. The number of hydrogen-bond acceptors (Lipinski definition) is 1. The molecule has 2 nitrogen and oxygen atoms in total. The summed E-state index contributed by atoms with van der Waals surface area (Å²) in [5.74, 6) is 0.124. The maximum Gasteiger partial charge on any atom is 0.226 e. The number of carbonyl (C=O) groups is 1. The molecule has 0 spiro atoms. The van der Waals surface area contributed by atoms with Crippen LogP contribution in [0.5, 0.6) is 0 Å². The lowest BCUT2D eigenvalue weighted by Gasteiger charge is -2.17. The van der Waals surface area contributed by atoms with E-state index in [1.54, 1.807) is 24.1 Å². The second kappa shape index (κ2) is 5.76. The highest BCUT2D eigenvalue weighted by Gasteiger charge is 2.09. The largest absolute Gasteiger partial charge is 0.315 e. The number of carbonyl (C=O) groups excluding carboxylic acids is 1. The van der Waals surface area contributed by atoms with Gasteiger partial charge in [-0.3, -0.25) is 4.79 Å². The molecule has 3 heteroatoms. The Bertz CT molecular complexity index is 338. The number of rotatable bonds is 4. The van der Waals surface area contributed by atoms with Crippen LogP contribution in [0, 0.1) is 6.07 Å². The van der Waals surface area contributed by atoms with Crippen LogP contribution in [-0.4, -0.2) is 13.0 Å². The summed E-state index contributed by atoms with van der Waals surface area (Å²) in [5.41, 5.74) is 0.819. The summed E-state index contributed by atoms with van der Waals surface area (Å²) in [6.45, 7) is 2.07. The van der Waals surface area contributed by atoms with Gasteiger partial charge >= 0.3 is 0 Å². The minimum Gasteiger partial charge on any atom is -0.315 e. The van der Waals surface area contributed by atoms with Crippen LogP contribution in [0.15, 0.2) is 18.2 Å². The molecule has 0 unspecified atom stereocenters. The topological polar surface area (TPSA) is 20.3 Å². The molecule has 1 amide bonds. The second-order valence-electron chi connectivity index (χ2n) is 3.45. The van der Waals surface area contributed by atoms with Crippen molar-refractivity contribution in [2.24, 2.45) is 0 Å². The molecule has 81 valence electrons. The van der Waals surface area contributed by atoms with Gasteiger partial charge in [-0.1, -0.05) is 31.0 Å². The number of unbranched alkanes of at least 4 members (excludes halogenated alkanes) is 1. The summed E-state index contributed by atoms with van der Waals surface area (Å²) < 4.78 is 0. The van der Waals surface area contributed by atoms with E-state index in [9.17, 15) is 4.79 Å². The Morgan fingerprint density at radius 2 is 2.33 bits per heavy atom. The first-order valence-corrected chi connectivity index (χ1v) is 5.46. The number of benzene rings is 1. The van der Waals surface area contributed by atoms with Gasteiger partial charge in [0, 0.05) is 25.2 Å². The normalized spacial score (nSPS) is 10.1. The van der Waals surface area contributed by atoms with Gasteiger partial charge in [-0.25, -0.2) is 0 Å². The fourth-order valence-electron chi connectivity index (χ4n) is 1.27. The Morgan fingerprint density at radius 1 is 1.60 bits per heavy atom. The first kappa shape index (κ1) is 12.1. The lowest BCUT2D eigenvalue weighted by molar-refractivity contribution is -0.118. The molecule has 0 atom stereocenters. The molecule has 0 heterocycles. The molecule has 0 aromatic heterocycles. The van der Waals surface area contributed by atoms with Crippen LogP contribution >= 0.6 is 11.6 Å². The SMILES string of the molecule is CCCCC(=O)N(C)c1cc[c]c(Cl)c1. The van der Waals surface area contributed by atoms with Crippen molar-refractivity contribution < 1.29 is 4.79 Å². The number of hydrogen-bond donors (Lipinski definition) is 0. The maximum atomic E-state index is 11.7. The zero-order valence-electron chi connectivity index (χ0n) is 9.09. The molecule has 1 radical (unpaired) electrons. The third-order valence-electron chi connectivity index (χ3n) is 2.26. The molecular weight excluding hydrogens is 210 g/mol. The van der Waals surface area contributed by atoms with E-state index < -0.39 is 0 Å². The number of halogens is 1. The first-order valence-electron chi connectivity index (χ1n) is 5.09. The van der Waals surface area contributed by atoms with Crippen molar-refractivity contribution in [3.63, 3.8) is 0 Å². The minimum atomic E-state index is 0.124. The van der Waals surface area contributed by atoms with Crippen LogP contribution in [0.4, 0.5) is 5.69 Å². The zero-order chi connectivity index (χ0) is 11.3. The van der Waals surface area contributed by atoms with Crippen molar-refractivity contribution in [3.8, 4) is 0 Å². The summed E-state index contributed by atoms with van der Waals surface area (Å²) in [4.78, 5) is 13.3. The lowest BCUT2D eigenvalue weighted by Crippen LogP contribution is -2.25. The fraction of sp³-hybridized carbons (Fsp3) is 0.417. The molecule has 0 saturated carbocycles. The highest BCUT2D eigenvalue weighted by Crippen LogP contribution is 2.18. The van der Waals surface area contributed by atoms with Gasteiger partial charge in [0.25, 0.3) is 0 Å². The predicted molar refractivity (Wildman–Crippen MR) is 63.2 cm³/mol. The minimum absolute atomic E-state index is 0.124. The highest BCUT2D eigenvalue weighted by atomic mass is 35.5. The van der Waals surface area contributed by atoms with Crippen LogP contribution in [0.2, 0.25) is 5.02 Å². The number of anilines is 1. The van der Waals surface area contributed by atoms with Gasteiger partial charge in [0.2, 0.25) is 5.91 Å². The average Bonchev–Trinajstić information content (AvgIpc) is 2.24. The van der Waals surface area contributed by atoms with Crippen molar-refractivity contribution >= 4 is 23.2 Å². The van der Waals surface area contributed by atoms with Gasteiger partial charge in [-0.2, -0.15) is 0 Å². The van der Waals surface area contributed by atoms with E-state index >= 15 is 0 Å². The van der Waals surface area contributed by atoms with Crippen LogP contribution in [0.3, 0.4) is 0 Å². The van der Waals surface area contributed by atoms with E-state index in [1.807, 2.05) is 6.07 Å². The standard InChI is InChI=1S/C12H15ClNO/c1-3-4-8-12(15)14(2)11-7-5-6-10(13)9-11/h5,7,9H,3-4,8H2,1-2H3. The molecule has 15 heavy (non-hydrogen) atoms. The van der Waals surface area contributed by atoms with E-state index in [0.29, 0.717) is 11.4 Å². The molecule has 1 aromatic carbocycles. The monoisotopic (exact) mass is 224 g/mol. The summed E-state index contributed by atoms with van der Waals surface area (Å²) in [7, 11) is 1.77. The van der Waals surface area contributed by atoms with Gasteiger partial charge in [0.1, 0.15) is 0 Å². The lowest BCUT2D eigenvalue weighted by atomic mass is 10.2. The molecule has 0 aliphatic carbocycles. The Labute approximate surface area is 95.8 Å². The Morgan fingerprint density at radius 3 is 2.93 bits per heavy atom. The van der Waals surface area contributed by atoms with Gasteiger partial charge in [0.05, 0.1) is 5.02 Å². The van der Waals surface area contributed by atoms with E-state index in [-0.39, 0.29) is 5.91 Å². The summed E-state index contributed by atoms with van der Waals surface area (Å²) >= 11 is 5.80. The van der Waals surface area contributed by atoms with Gasteiger partial charge in [-0.05, 0) is 18.6 Å². The fourth-order valence-corrected chi connectivity index (χ4v) is 1.45. The summed E-state index contributed by atoms with van der Waals surface area (Å²) in [6, 6.07) is 8.13. The Kier molecular flexibility index (Phi) is 4.63. The summed E-state index contributed by atoms with van der Waals surface area (Å²) in [6.07, 6.45) is 2.54. The zero-order valence-corrected chi connectivity index (χ0v) is 9.84. The predicted octanol–water partition coefficient (Wildman–Crippen LogP) is 3.29. The number of nitrogens with zero attached hydrogens (tertiary/aromatic N) is 1. The third-order valence-corrected chi connectivity index (χ3v) is 2.47. The molecule has 0 N–H and O–H groups in total. The molecule has 0 aliphatic heterocycles. The quantitative estimate of drug-likeness (QED) is 0.769. The molecule has 1 rings (SSSR count). The van der Waals surface area contributed by atoms with E-state index in [1.165, 1.54) is 0 Å². The van der Waals surface area contributed by atoms with Crippen LogP contribution in [0.1, 0.15) is 26.2 Å². The Balaban J connectivity index is 2.67. The van der Waals surface area contributed by atoms with Crippen LogP contribution in [0.25, 0.3) is 0 Å². The number of amides is 1. The van der Waals surface area contributed by atoms with E-state index in [2.05, 4.69) is 13.0 Å². The first-order chi connectivity index (χ1) is 7.15. The Hall–Kier alpha value is -1.02. The van der Waals surface area contributed by atoms with Crippen molar-refractivity contribution in [2.75, 3.05) is 11.9 Å². The van der Waals surface area contributed by atoms with Crippen molar-refractivity contribution in [3.05, 3.63) is 29.3 Å². The van der Waals surface area contributed by atoms with Crippen molar-refractivity contribution in [1.82, 2.24) is 0 Å². The molecule has 0 saturated heterocycles. The van der Waals surface area contributed by atoms with Gasteiger partial charge in [-0.15, -0.1) is 0 Å². The maximum absolute atomic E-state index is 11.7. The molecule has 0 aliphatic rings. The van der Waals surface area contributed by atoms with Crippen molar-refractivity contribution in [1.29, 1.82) is 0 Å². The average molecular weight is 225 g/mol. The van der Waals surface area contributed by atoms with Gasteiger partial charge < -0.3 is 4.90 Å². The van der Waals surface area contributed by atoms with Crippen LogP contribution < -0.4 is 4.90 Å². The third kappa shape index (κ3) is 3.56.